The van der Waals surface area contributed by atoms with Crippen molar-refractivity contribution in [2.45, 2.75) is 11.3 Å². The van der Waals surface area contributed by atoms with Crippen LogP contribution in [0.3, 0.4) is 0 Å². The van der Waals surface area contributed by atoms with Crippen molar-refractivity contribution >= 4 is 43.8 Å². The molecule has 0 radical (unpaired) electrons. The van der Waals surface area contributed by atoms with Gasteiger partial charge < -0.3 is 0 Å². The Hall–Kier alpha value is -2.01. The van der Waals surface area contributed by atoms with Gasteiger partial charge in [-0.15, -0.1) is 16.2 Å². The van der Waals surface area contributed by atoms with Crippen LogP contribution in [0.15, 0.2) is 40.9 Å². The molecule has 7 nitrogen and oxygen atoms in total. The predicted molar refractivity (Wildman–Crippen MR) is 86.6 cm³/mol. The number of sulfonamides is 1. The second-order valence-corrected chi connectivity index (χ2v) is 7.69. The van der Waals surface area contributed by atoms with Gasteiger partial charge in [0.05, 0.1) is 12.1 Å². The summed E-state index contributed by atoms with van der Waals surface area (Å²) in [6.45, 7) is 0. The number of thiazole rings is 1. The number of halogens is 2. The number of fused-ring (bicyclic) bond motifs is 1. The molecule has 3 rings (SSSR count). The first-order chi connectivity index (χ1) is 11.3. The predicted octanol–water partition coefficient (Wildman–Crippen LogP) is 1.74. The summed E-state index contributed by atoms with van der Waals surface area (Å²) in [6, 6.07) is 3.12. The smallest absolute Gasteiger partial charge is 0.260 e. The van der Waals surface area contributed by atoms with Crippen molar-refractivity contribution in [2.24, 2.45) is 0 Å². The normalized spacial score (nSPS) is 11.8. The molecule has 24 heavy (non-hydrogen) atoms. The number of hydrogen-bond donors (Lipinski definition) is 2. The number of rotatable bonds is 5. The average molecular weight is 389 g/mol. The number of hydrogen-bond acceptors (Lipinski definition) is 5. The van der Waals surface area contributed by atoms with E-state index >= 15 is 0 Å². The van der Waals surface area contributed by atoms with Crippen molar-refractivity contribution in [3.8, 4) is 0 Å². The van der Waals surface area contributed by atoms with Crippen LogP contribution >= 0.6 is 22.9 Å². The number of nitrogens with zero attached hydrogens (tertiary/aromatic N) is 2. The molecule has 0 atom stereocenters. The molecule has 0 spiro atoms. The molecule has 0 saturated heterocycles. The highest BCUT2D eigenvalue weighted by atomic mass is 35.5. The first-order valence-electron chi connectivity index (χ1n) is 6.52. The topological polar surface area (TPSA) is 92.6 Å². The first-order valence-corrected chi connectivity index (χ1v) is 9.26. The van der Waals surface area contributed by atoms with Crippen LogP contribution in [0.25, 0.3) is 4.96 Å². The Balaban J connectivity index is 1.65. The van der Waals surface area contributed by atoms with Gasteiger partial charge in [0.2, 0.25) is 5.91 Å². The van der Waals surface area contributed by atoms with E-state index in [0.29, 0.717) is 5.69 Å². The SMILES string of the molecule is O=C(Cc1cn2ccsc2n1)NNS(=O)(=O)c1ccc(Cl)cc1F. The molecular weight excluding hydrogens is 379 g/mol. The van der Waals surface area contributed by atoms with Crippen LogP contribution in [0.2, 0.25) is 5.02 Å². The molecule has 2 N–H and O–H groups in total. The number of carbonyl (C=O) groups is 1. The number of nitrogens with one attached hydrogen (secondary N) is 2. The van der Waals surface area contributed by atoms with Crippen LogP contribution in [-0.4, -0.2) is 23.7 Å². The minimum absolute atomic E-state index is 0.0650. The van der Waals surface area contributed by atoms with Crippen LogP contribution < -0.4 is 10.3 Å². The molecule has 11 heteroatoms. The molecule has 3 aromatic rings. The Bertz CT molecular complexity index is 987. The summed E-state index contributed by atoms with van der Waals surface area (Å²) in [5.41, 5.74) is 2.51. The maximum Gasteiger partial charge on any atom is 0.260 e. The summed E-state index contributed by atoms with van der Waals surface area (Å²) < 4.78 is 39.4. The van der Waals surface area contributed by atoms with Crippen LogP contribution in [-0.2, 0) is 21.2 Å². The Morgan fingerprint density at radius 1 is 1.42 bits per heavy atom. The van der Waals surface area contributed by atoms with Gasteiger partial charge in [-0.1, -0.05) is 11.6 Å². The van der Waals surface area contributed by atoms with Crippen molar-refractivity contribution in [3.63, 3.8) is 0 Å². The van der Waals surface area contributed by atoms with Crippen LogP contribution in [0.1, 0.15) is 5.69 Å². The third kappa shape index (κ3) is 3.56. The van der Waals surface area contributed by atoms with E-state index in [9.17, 15) is 17.6 Å². The molecular formula is C13H10ClFN4O3S2. The highest BCUT2D eigenvalue weighted by Crippen LogP contribution is 2.18. The highest BCUT2D eigenvalue weighted by molar-refractivity contribution is 7.89. The maximum absolute atomic E-state index is 13.7. The summed E-state index contributed by atoms with van der Waals surface area (Å²) in [5, 5.41) is 1.91. The Morgan fingerprint density at radius 3 is 2.92 bits per heavy atom. The summed E-state index contributed by atoms with van der Waals surface area (Å²) in [5.74, 6) is -1.64. The zero-order chi connectivity index (χ0) is 17.3. The largest absolute Gasteiger partial charge is 0.297 e. The van der Waals surface area contributed by atoms with E-state index in [2.05, 4.69) is 4.98 Å². The molecule has 0 bridgehead atoms. The second-order valence-electron chi connectivity index (χ2n) is 4.73. The molecule has 0 unspecified atom stereocenters. The monoisotopic (exact) mass is 388 g/mol. The molecule has 0 fully saturated rings. The van der Waals surface area contributed by atoms with Gasteiger partial charge in [-0.3, -0.25) is 14.6 Å². The molecule has 2 heterocycles. The molecule has 1 aromatic carbocycles. The molecule has 1 amide bonds. The van der Waals surface area contributed by atoms with E-state index in [1.165, 1.54) is 17.4 Å². The van der Waals surface area contributed by atoms with Gasteiger partial charge in [0, 0.05) is 22.8 Å². The Labute approximate surface area is 145 Å². The van der Waals surface area contributed by atoms with E-state index in [4.69, 9.17) is 11.6 Å². The van der Waals surface area contributed by atoms with Crippen molar-refractivity contribution in [2.75, 3.05) is 0 Å². The quantitative estimate of drug-likeness (QED) is 0.651. The summed E-state index contributed by atoms with van der Waals surface area (Å²) in [6.07, 6.45) is 3.33. The third-order valence-electron chi connectivity index (χ3n) is 2.99. The summed E-state index contributed by atoms with van der Waals surface area (Å²) in [7, 11) is -4.25. The molecule has 126 valence electrons. The van der Waals surface area contributed by atoms with Crippen molar-refractivity contribution in [1.29, 1.82) is 0 Å². The number of carbonyl (C=O) groups excluding carboxylic acids is 1. The zero-order valence-corrected chi connectivity index (χ0v) is 14.3. The van der Waals surface area contributed by atoms with Crippen molar-refractivity contribution in [1.82, 2.24) is 19.6 Å². The van der Waals surface area contributed by atoms with Gasteiger partial charge >= 0.3 is 0 Å². The second kappa shape index (κ2) is 6.48. The minimum atomic E-state index is -4.25. The lowest BCUT2D eigenvalue weighted by Crippen LogP contribution is -2.42. The van der Waals surface area contributed by atoms with Gasteiger partial charge in [0.15, 0.2) is 4.96 Å². The lowest BCUT2D eigenvalue weighted by molar-refractivity contribution is -0.120. The molecule has 0 saturated carbocycles. The van der Waals surface area contributed by atoms with Gasteiger partial charge in [0.1, 0.15) is 10.7 Å². The maximum atomic E-state index is 13.7. The molecule has 0 aliphatic rings. The van der Waals surface area contributed by atoms with E-state index < -0.39 is 26.6 Å². The lowest BCUT2D eigenvalue weighted by atomic mass is 10.3. The third-order valence-corrected chi connectivity index (χ3v) is 5.28. The Morgan fingerprint density at radius 2 is 2.21 bits per heavy atom. The van der Waals surface area contributed by atoms with Crippen LogP contribution in [0.4, 0.5) is 4.39 Å². The van der Waals surface area contributed by atoms with Gasteiger partial charge in [-0.05, 0) is 18.2 Å². The van der Waals surface area contributed by atoms with E-state index in [1.807, 2.05) is 15.6 Å². The minimum Gasteiger partial charge on any atom is -0.297 e. The first kappa shape index (κ1) is 16.8. The van der Waals surface area contributed by atoms with Gasteiger partial charge in [0.25, 0.3) is 10.0 Å². The molecule has 0 aliphatic carbocycles. The molecule has 0 aliphatic heterocycles. The lowest BCUT2D eigenvalue weighted by Gasteiger charge is -2.08. The van der Waals surface area contributed by atoms with Crippen molar-refractivity contribution < 1.29 is 17.6 Å². The van der Waals surface area contributed by atoms with Crippen molar-refractivity contribution in [3.05, 3.63) is 52.5 Å². The number of amides is 1. The standard InChI is InChI=1S/C13H10ClFN4O3S2/c14-8-1-2-11(10(15)5-8)24(21,22)18-17-12(20)6-9-7-19-3-4-23-13(19)16-9/h1-5,7,18H,6H2,(H,17,20). The Kier molecular flexibility index (Phi) is 4.54. The average Bonchev–Trinajstić information content (AvgIpc) is 3.06. The van der Waals surface area contributed by atoms with Gasteiger partial charge in [-0.25, -0.2) is 17.8 Å². The number of benzene rings is 1. The molecule has 2 aromatic heterocycles. The van der Waals surface area contributed by atoms with E-state index in [0.717, 1.165) is 17.1 Å². The van der Waals surface area contributed by atoms with Gasteiger partial charge in [-0.2, -0.15) is 0 Å². The number of imidazole rings is 1. The number of aromatic nitrogens is 2. The van der Waals surface area contributed by atoms with E-state index in [-0.39, 0.29) is 11.4 Å². The number of hydrazine groups is 1. The zero-order valence-electron chi connectivity index (χ0n) is 11.9. The fraction of sp³-hybridized carbons (Fsp3) is 0.0769. The summed E-state index contributed by atoms with van der Waals surface area (Å²) >= 11 is 6.98. The van der Waals surface area contributed by atoms with E-state index in [1.54, 1.807) is 16.8 Å². The summed E-state index contributed by atoms with van der Waals surface area (Å²) in [4.78, 5) is 18.0. The fourth-order valence-electron chi connectivity index (χ4n) is 1.94. The highest BCUT2D eigenvalue weighted by Gasteiger charge is 2.20. The van der Waals surface area contributed by atoms with Crippen LogP contribution in [0, 0.1) is 5.82 Å². The van der Waals surface area contributed by atoms with Crippen LogP contribution in [0.5, 0.6) is 0 Å². The fourth-order valence-corrected chi connectivity index (χ4v) is 3.74.